The molecule has 0 unspecified atom stereocenters. The summed E-state index contributed by atoms with van der Waals surface area (Å²) in [6.07, 6.45) is 1.94. The molecule has 0 aliphatic rings. The Kier molecular flexibility index (Phi) is 4.00. The molecule has 0 saturated carbocycles. The van der Waals surface area contributed by atoms with Gasteiger partial charge in [0.2, 0.25) is 5.28 Å². The van der Waals surface area contributed by atoms with Gasteiger partial charge in [0.05, 0.1) is 23.9 Å². The number of hydrogen-bond acceptors (Lipinski definition) is 5. The first kappa shape index (κ1) is 14.8. The highest BCUT2D eigenvalue weighted by Crippen LogP contribution is 2.28. The minimum atomic E-state index is -0.411. The minimum absolute atomic E-state index is 0.0306. The van der Waals surface area contributed by atoms with Crippen LogP contribution in [0.4, 0.5) is 10.2 Å². The second-order valence-corrected chi connectivity index (χ2v) is 5.43. The summed E-state index contributed by atoms with van der Waals surface area (Å²) in [5, 5.41) is 3.32. The molecule has 8 heteroatoms. The van der Waals surface area contributed by atoms with Crippen LogP contribution in [-0.2, 0) is 13.0 Å². The maximum absolute atomic E-state index is 14.6. The molecule has 4 N–H and O–H groups in total. The summed E-state index contributed by atoms with van der Waals surface area (Å²) >= 11 is 5.90. The van der Waals surface area contributed by atoms with Crippen molar-refractivity contribution in [2.75, 3.05) is 5.32 Å². The lowest BCUT2D eigenvalue weighted by Crippen LogP contribution is -2.18. The molecule has 0 spiro atoms. The number of aromatic amines is 1. The van der Waals surface area contributed by atoms with Gasteiger partial charge in [-0.25, -0.2) is 4.39 Å². The van der Waals surface area contributed by atoms with Gasteiger partial charge in [0.1, 0.15) is 17.2 Å². The molecular weight excluding hydrogens is 309 g/mol. The van der Waals surface area contributed by atoms with E-state index in [0.717, 1.165) is 0 Å². The summed E-state index contributed by atoms with van der Waals surface area (Å²) in [6, 6.07) is 3.41. The monoisotopic (exact) mass is 323 g/mol. The van der Waals surface area contributed by atoms with E-state index in [9.17, 15) is 4.39 Å². The second-order valence-electron chi connectivity index (χ2n) is 5.10. The minimum Gasteiger partial charge on any atom is -0.467 e. The Morgan fingerprint density at radius 1 is 1.50 bits per heavy atom. The van der Waals surface area contributed by atoms with Crippen LogP contribution in [-0.4, -0.2) is 21.0 Å². The summed E-state index contributed by atoms with van der Waals surface area (Å²) in [4.78, 5) is 11.0. The van der Waals surface area contributed by atoms with E-state index >= 15 is 0 Å². The third-order valence-electron chi connectivity index (χ3n) is 3.17. The van der Waals surface area contributed by atoms with Gasteiger partial charge >= 0.3 is 0 Å². The number of halogens is 2. The Morgan fingerprint density at radius 3 is 3.00 bits per heavy atom. The SMILES string of the molecule is C[C@H](N)Cc1[nH]c2nc(Cl)nc(NCc3ccco3)c2c1F. The number of nitrogens with one attached hydrogen (secondary N) is 2. The average molecular weight is 324 g/mol. The fraction of sp³-hybridized carbons (Fsp3) is 0.286. The van der Waals surface area contributed by atoms with Gasteiger partial charge in [0.15, 0.2) is 5.82 Å². The number of H-pyrrole nitrogens is 1. The van der Waals surface area contributed by atoms with Crippen molar-refractivity contribution in [1.82, 2.24) is 15.0 Å². The van der Waals surface area contributed by atoms with E-state index in [1.807, 2.05) is 6.07 Å². The average Bonchev–Trinajstić information content (AvgIpc) is 3.05. The Labute approximate surface area is 130 Å². The van der Waals surface area contributed by atoms with E-state index in [4.69, 9.17) is 21.8 Å². The van der Waals surface area contributed by atoms with Gasteiger partial charge in [-0.05, 0) is 30.7 Å². The van der Waals surface area contributed by atoms with E-state index in [0.29, 0.717) is 35.9 Å². The van der Waals surface area contributed by atoms with E-state index in [-0.39, 0.29) is 16.7 Å². The fourth-order valence-electron chi connectivity index (χ4n) is 2.26. The molecule has 116 valence electrons. The van der Waals surface area contributed by atoms with Crippen molar-refractivity contribution in [2.24, 2.45) is 5.73 Å². The van der Waals surface area contributed by atoms with Crippen LogP contribution in [0.3, 0.4) is 0 Å². The molecular formula is C14H15ClFN5O. The summed E-state index contributed by atoms with van der Waals surface area (Å²) in [5.41, 5.74) is 6.46. The normalized spacial score (nSPS) is 12.7. The number of rotatable bonds is 5. The molecule has 0 fully saturated rings. The van der Waals surface area contributed by atoms with Gasteiger partial charge in [0, 0.05) is 12.5 Å². The highest BCUT2D eigenvalue weighted by molar-refractivity contribution is 6.28. The van der Waals surface area contributed by atoms with Gasteiger partial charge in [-0.2, -0.15) is 9.97 Å². The highest BCUT2D eigenvalue weighted by atomic mass is 35.5. The lowest BCUT2D eigenvalue weighted by atomic mass is 10.2. The smallest absolute Gasteiger partial charge is 0.226 e. The first-order valence-electron chi connectivity index (χ1n) is 6.80. The third kappa shape index (κ3) is 2.90. The van der Waals surface area contributed by atoms with E-state index in [2.05, 4.69) is 20.3 Å². The molecule has 6 nitrogen and oxygen atoms in total. The number of nitrogens with zero attached hydrogens (tertiary/aromatic N) is 2. The van der Waals surface area contributed by atoms with Crippen LogP contribution < -0.4 is 11.1 Å². The highest BCUT2D eigenvalue weighted by Gasteiger charge is 2.19. The number of hydrogen-bond donors (Lipinski definition) is 3. The largest absolute Gasteiger partial charge is 0.467 e. The predicted molar refractivity (Wildman–Crippen MR) is 82.2 cm³/mol. The summed E-state index contributed by atoms with van der Waals surface area (Å²) < 4.78 is 19.8. The number of aromatic nitrogens is 3. The molecule has 1 atom stereocenters. The van der Waals surface area contributed by atoms with Crippen LogP contribution in [0, 0.1) is 5.82 Å². The van der Waals surface area contributed by atoms with Crippen LogP contribution >= 0.6 is 11.6 Å². The van der Waals surface area contributed by atoms with Crippen LogP contribution in [0.5, 0.6) is 0 Å². The van der Waals surface area contributed by atoms with Gasteiger partial charge in [-0.15, -0.1) is 0 Å². The topological polar surface area (TPSA) is 92.8 Å². The van der Waals surface area contributed by atoms with Crippen molar-refractivity contribution in [3.63, 3.8) is 0 Å². The maximum Gasteiger partial charge on any atom is 0.226 e. The first-order valence-corrected chi connectivity index (χ1v) is 7.18. The standard InChI is InChI=1S/C14H15ClFN5O/c1-7(17)5-9-11(16)10-12(18-6-8-3-2-4-22-8)20-14(15)21-13(10)19-9/h2-4,7H,5-6,17H2,1H3,(H2,18,19,20,21)/t7-/m0/s1. The molecule has 0 saturated heterocycles. The zero-order chi connectivity index (χ0) is 15.7. The maximum atomic E-state index is 14.6. The van der Waals surface area contributed by atoms with E-state index < -0.39 is 5.82 Å². The quantitative estimate of drug-likeness (QED) is 0.628. The van der Waals surface area contributed by atoms with Gasteiger partial charge in [-0.3, -0.25) is 0 Å². The lowest BCUT2D eigenvalue weighted by molar-refractivity contribution is 0.518. The van der Waals surface area contributed by atoms with Crippen LogP contribution in [0.15, 0.2) is 22.8 Å². The number of anilines is 1. The van der Waals surface area contributed by atoms with Crippen molar-refractivity contribution in [3.8, 4) is 0 Å². The zero-order valence-electron chi connectivity index (χ0n) is 11.9. The molecule has 0 bridgehead atoms. The number of nitrogens with two attached hydrogens (primary N) is 1. The molecule has 3 rings (SSSR count). The molecule has 22 heavy (non-hydrogen) atoms. The first-order chi connectivity index (χ1) is 10.5. The summed E-state index contributed by atoms with van der Waals surface area (Å²) in [7, 11) is 0. The van der Waals surface area contributed by atoms with Gasteiger partial charge in [-0.1, -0.05) is 0 Å². The summed E-state index contributed by atoms with van der Waals surface area (Å²) in [6.45, 7) is 2.17. The Bertz CT molecular complexity index is 784. The Balaban J connectivity index is 1.99. The van der Waals surface area contributed by atoms with Gasteiger partial charge < -0.3 is 20.5 Å². The Hall–Kier alpha value is -2.12. The van der Waals surface area contributed by atoms with Crippen LogP contribution in [0.2, 0.25) is 5.28 Å². The molecule has 0 radical (unpaired) electrons. The van der Waals surface area contributed by atoms with Crippen molar-refractivity contribution < 1.29 is 8.81 Å². The third-order valence-corrected chi connectivity index (χ3v) is 3.34. The van der Waals surface area contributed by atoms with Crippen molar-refractivity contribution in [2.45, 2.75) is 25.9 Å². The molecule has 3 aromatic heterocycles. The molecule has 0 aromatic carbocycles. The van der Waals surface area contributed by atoms with E-state index in [1.54, 1.807) is 19.3 Å². The molecule has 0 aliphatic heterocycles. The number of fused-ring (bicyclic) bond motifs is 1. The van der Waals surface area contributed by atoms with E-state index in [1.165, 1.54) is 0 Å². The fourth-order valence-corrected chi connectivity index (χ4v) is 2.42. The van der Waals surface area contributed by atoms with Crippen molar-refractivity contribution in [1.29, 1.82) is 0 Å². The lowest BCUT2D eigenvalue weighted by Gasteiger charge is -2.05. The van der Waals surface area contributed by atoms with Crippen LogP contribution in [0.1, 0.15) is 18.4 Å². The van der Waals surface area contributed by atoms with Crippen molar-refractivity contribution >= 4 is 28.5 Å². The van der Waals surface area contributed by atoms with Crippen LogP contribution in [0.25, 0.3) is 11.0 Å². The molecule has 3 aromatic rings. The Morgan fingerprint density at radius 2 is 2.32 bits per heavy atom. The number of furan rings is 1. The molecule has 0 aliphatic carbocycles. The predicted octanol–water partition coefficient (Wildman–Crippen LogP) is 2.85. The summed E-state index contributed by atoms with van der Waals surface area (Å²) in [5.74, 6) is 0.608. The molecule has 3 heterocycles. The molecule has 0 amide bonds. The second kappa shape index (κ2) is 5.94. The zero-order valence-corrected chi connectivity index (χ0v) is 12.6. The van der Waals surface area contributed by atoms with Crippen molar-refractivity contribution in [3.05, 3.63) is 41.0 Å². The van der Waals surface area contributed by atoms with Gasteiger partial charge in [0.25, 0.3) is 0 Å².